The molecule has 102 valence electrons. The molecule has 17 heavy (non-hydrogen) atoms. The zero-order valence-electron chi connectivity index (χ0n) is 11.9. The lowest BCUT2D eigenvalue weighted by Crippen LogP contribution is -2.43. The van der Waals surface area contributed by atoms with E-state index in [-0.39, 0.29) is 0 Å². The smallest absolute Gasteiger partial charge is 0.0593 e. The first kappa shape index (κ1) is 14.9. The highest BCUT2D eigenvalue weighted by Crippen LogP contribution is 2.22. The summed E-state index contributed by atoms with van der Waals surface area (Å²) in [6, 6.07) is 0. The number of nitrogens with one attached hydrogen (secondary N) is 1. The van der Waals surface area contributed by atoms with Crippen LogP contribution in [0.15, 0.2) is 0 Å². The molecule has 0 bridgehead atoms. The van der Waals surface area contributed by atoms with E-state index < -0.39 is 0 Å². The van der Waals surface area contributed by atoms with E-state index >= 15 is 0 Å². The Morgan fingerprint density at radius 1 is 1.24 bits per heavy atom. The minimum absolute atomic E-state index is 0.402. The van der Waals surface area contributed by atoms with Crippen LogP contribution in [0, 0.1) is 5.41 Å². The molecule has 0 aromatic heterocycles. The van der Waals surface area contributed by atoms with Crippen molar-refractivity contribution in [2.45, 2.75) is 40.0 Å². The highest BCUT2D eigenvalue weighted by atomic mass is 16.5. The zero-order chi connectivity index (χ0) is 12.6. The number of nitrogens with zero attached hydrogens (tertiary/aromatic N) is 1. The highest BCUT2D eigenvalue weighted by molar-refractivity contribution is 4.80. The van der Waals surface area contributed by atoms with Crippen LogP contribution in [0.1, 0.15) is 40.0 Å². The van der Waals surface area contributed by atoms with Crippen LogP contribution in [-0.2, 0) is 4.74 Å². The van der Waals surface area contributed by atoms with Crippen molar-refractivity contribution in [2.75, 3.05) is 45.9 Å². The molecule has 1 rings (SSSR count). The van der Waals surface area contributed by atoms with E-state index in [4.69, 9.17) is 4.74 Å². The molecule has 1 N–H and O–H groups in total. The molecule has 1 saturated heterocycles. The maximum Gasteiger partial charge on any atom is 0.0593 e. The highest BCUT2D eigenvalue weighted by Gasteiger charge is 2.25. The third-order valence-corrected chi connectivity index (χ3v) is 3.75. The van der Waals surface area contributed by atoms with Crippen molar-refractivity contribution in [1.29, 1.82) is 0 Å². The van der Waals surface area contributed by atoms with Crippen molar-refractivity contribution >= 4 is 0 Å². The van der Waals surface area contributed by atoms with Crippen LogP contribution < -0.4 is 5.32 Å². The summed E-state index contributed by atoms with van der Waals surface area (Å²) in [7, 11) is 0. The fourth-order valence-corrected chi connectivity index (χ4v) is 2.36. The van der Waals surface area contributed by atoms with Crippen molar-refractivity contribution in [3.8, 4) is 0 Å². The SMILES string of the molecule is CCCNCC(C)(CC)CN1CCCOCC1. The summed E-state index contributed by atoms with van der Waals surface area (Å²) < 4.78 is 5.51. The molecule has 0 saturated carbocycles. The third-order valence-electron chi connectivity index (χ3n) is 3.75. The Morgan fingerprint density at radius 3 is 2.76 bits per heavy atom. The summed E-state index contributed by atoms with van der Waals surface area (Å²) in [4.78, 5) is 2.57. The molecule has 1 atom stereocenters. The van der Waals surface area contributed by atoms with Crippen LogP contribution in [-0.4, -0.2) is 50.8 Å². The van der Waals surface area contributed by atoms with E-state index in [1.165, 1.54) is 32.4 Å². The Hall–Kier alpha value is -0.120. The molecule has 1 fully saturated rings. The second-order valence-electron chi connectivity index (χ2n) is 5.58. The van der Waals surface area contributed by atoms with Crippen molar-refractivity contribution in [3.63, 3.8) is 0 Å². The van der Waals surface area contributed by atoms with Gasteiger partial charge in [-0.2, -0.15) is 0 Å². The molecule has 0 spiro atoms. The van der Waals surface area contributed by atoms with Gasteiger partial charge in [-0.3, -0.25) is 0 Å². The molecule has 1 aliphatic rings. The number of ether oxygens (including phenoxy) is 1. The molecular formula is C14H30N2O. The van der Waals surface area contributed by atoms with Crippen LogP contribution in [0.4, 0.5) is 0 Å². The Kier molecular flexibility index (Phi) is 7.09. The van der Waals surface area contributed by atoms with E-state index in [0.29, 0.717) is 5.41 Å². The fraction of sp³-hybridized carbons (Fsp3) is 1.00. The number of rotatable bonds is 7. The summed E-state index contributed by atoms with van der Waals surface area (Å²) in [6.45, 7) is 14.5. The van der Waals surface area contributed by atoms with E-state index in [1.54, 1.807) is 0 Å². The van der Waals surface area contributed by atoms with Gasteiger partial charge in [0.05, 0.1) is 6.61 Å². The van der Waals surface area contributed by atoms with Crippen molar-refractivity contribution < 1.29 is 4.74 Å². The largest absolute Gasteiger partial charge is 0.380 e. The van der Waals surface area contributed by atoms with Gasteiger partial charge in [0.2, 0.25) is 0 Å². The standard InChI is InChI=1S/C14H30N2O/c1-4-7-15-12-14(3,5-2)13-16-8-6-10-17-11-9-16/h15H,4-13H2,1-3H3. The minimum Gasteiger partial charge on any atom is -0.380 e. The molecule has 3 nitrogen and oxygen atoms in total. The average molecular weight is 242 g/mol. The minimum atomic E-state index is 0.402. The van der Waals surface area contributed by atoms with Crippen LogP contribution in [0.5, 0.6) is 0 Å². The molecular weight excluding hydrogens is 212 g/mol. The average Bonchev–Trinajstić information content (AvgIpc) is 2.58. The van der Waals surface area contributed by atoms with Crippen molar-refractivity contribution in [1.82, 2.24) is 10.2 Å². The Balaban J connectivity index is 2.36. The first-order valence-corrected chi connectivity index (χ1v) is 7.21. The van der Waals surface area contributed by atoms with E-state index in [0.717, 1.165) is 32.8 Å². The van der Waals surface area contributed by atoms with Crippen LogP contribution in [0.25, 0.3) is 0 Å². The van der Waals surface area contributed by atoms with E-state index in [9.17, 15) is 0 Å². The zero-order valence-corrected chi connectivity index (χ0v) is 11.9. The maximum atomic E-state index is 5.51. The van der Waals surface area contributed by atoms with Gasteiger partial charge in [-0.25, -0.2) is 0 Å². The van der Waals surface area contributed by atoms with Gasteiger partial charge in [0.15, 0.2) is 0 Å². The molecule has 1 aliphatic heterocycles. The Bertz CT molecular complexity index is 191. The van der Waals surface area contributed by atoms with Gasteiger partial charge in [-0.1, -0.05) is 20.8 Å². The first-order valence-electron chi connectivity index (χ1n) is 7.21. The van der Waals surface area contributed by atoms with Crippen molar-refractivity contribution in [3.05, 3.63) is 0 Å². The second kappa shape index (κ2) is 8.06. The third kappa shape index (κ3) is 5.84. The molecule has 1 heterocycles. The first-order chi connectivity index (χ1) is 8.20. The molecule has 0 radical (unpaired) electrons. The predicted molar refractivity (Wildman–Crippen MR) is 73.4 cm³/mol. The second-order valence-corrected chi connectivity index (χ2v) is 5.58. The lowest BCUT2D eigenvalue weighted by atomic mass is 9.86. The van der Waals surface area contributed by atoms with Crippen molar-refractivity contribution in [2.24, 2.45) is 5.41 Å². The lowest BCUT2D eigenvalue weighted by Gasteiger charge is -2.34. The summed E-state index contributed by atoms with van der Waals surface area (Å²) in [6.07, 6.45) is 3.64. The van der Waals surface area contributed by atoms with Gasteiger partial charge in [0.25, 0.3) is 0 Å². The normalized spacial score (nSPS) is 22.1. The summed E-state index contributed by atoms with van der Waals surface area (Å²) in [5.74, 6) is 0. The summed E-state index contributed by atoms with van der Waals surface area (Å²) in [5.41, 5.74) is 0.402. The van der Waals surface area contributed by atoms with Gasteiger partial charge >= 0.3 is 0 Å². The van der Waals surface area contributed by atoms with Gasteiger partial charge in [0, 0.05) is 32.8 Å². The van der Waals surface area contributed by atoms with E-state index in [2.05, 4.69) is 31.0 Å². The lowest BCUT2D eigenvalue weighted by molar-refractivity contribution is 0.124. The molecule has 3 heteroatoms. The summed E-state index contributed by atoms with van der Waals surface area (Å²) in [5, 5.41) is 3.57. The van der Waals surface area contributed by atoms with Crippen LogP contribution in [0.2, 0.25) is 0 Å². The monoisotopic (exact) mass is 242 g/mol. The van der Waals surface area contributed by atoms with Gasteiger partial charge < -0.3 is 15.0 Å². The molecule has 0 aromatic rings. The number of hydrogen-bond acceptors (Lipinski definition) is 3. The van der Waals surface area contributed by atoms with Gasteiger partial charge in [-0.15, -0.1) is 0 Å². The van der Waals surface area contributed by atoms with Crippen LogP contribution in [0.3, 0.4) is 0 Å². The molecule has 0 aliphatic carbocycles. The fourth-order valence-electron chi connectivity index (χ4n) is 2.36. The molecule has 0 amide bonds. The molecule has 1 unspecified atom stereocenters. The Labute approximate surface area is 107 Å². The maximum absolute atomic E-state index is 5.51. The number of hydrogen-bond donors (Lipinski definition) is 1. The Morgan fingerprint density at radius 2 is 2.06 bits per heavy atom. The van der Waals surface area contributed by atoms with Crippen LogP contribution >= 0.6 is 0 Å². The van der Waals surface area contributed by atoms with E-state index in [1.807, 2.05) is 0 Å². The quantitative estimate of drug-likeness (QED) is 0.692. The topological polar surface area (TPSA) is 24.5 Å². The summed E-state index contributed by atoms with van der Waals surface area (Å²) >= 11 is 0. The van der Waals surface area contributed by atoms with Gasteiger partial charge in [-0.05, 0) is 31.2 Å². The molecule has 0 aromatic carbocycles. The van der Waals surface area contributed by atoms with Gasteiger partial charge in [0.1, 0.15) is 0 Å². The predicted octanol–water partition coefficient (Wildman–Crippen LogP) is 2.12.